The van der Waals surface area contributed by atoms with Gasteiger partial charge in [-0.25, -0.2) is 9.97 Å². The fourth-order valence-electron chi connectivity index (χ4n) is 5.93. The highest BCUT2D eigenvalue weighted by molar-refractivity contribution is 6.02. The summed E-state index contributed by atoms with van der Waals surface area (Å²) in [6, 6.07) is 9.83. The molecule has 0 radical (unpaired) electrons. The molecule has 3 aliphatic heterocycles. The normalized spacial score (nSPS) is 22.6. The van der Waals surface area contributed by atoms with E-state index >= 15 is 0 Å². The van der Waals surface area contributed by atoms with Crippen LogP contribution < -0.4 is 5.32 Å². The SMILES string of the molecule is Cc1ccc(NC(=O)c2cccc([C@@H]3CCCN3C(=O)C3CCN(C4CCN(C)CC4)CC3)n2)nc1. The molecule has 1 N–H and O–H groups in total. The zero-order chi connectivity index (χ0) is 25.1. The predicted octanol–water partition coefficient (Wildman–Crippen LogP) is 3.51. The molecule has 0 unspecified atom stereocenters. The van der Waals surface area contributed by atoms with Crippen LogP contribution in [0, 0.1) is 12.8 Å². The van der Waals surface area contributed by atoms with Crippen molar-refractivity contribution in [1.82, 2.24) is 24.7 Å². The van der Waals surface area contributed by atoms with Crippen LogP contribution in [0.2, 0.25) is 0 Å². The summed E-state index contributed by atoms with van der Waals surface area (Å²) in [6.45, 7) is 7.10. The number of piperidine rings is 2. The van der Waals surface area contributed by atoms with Crippen molar-refractivity contribution in [1.29, 1.82) is 0 Å². The highest BCUT2D eigenvalue weighted by Crippen LogP contribution is 2.34. The van der Waals surface area contributed by atoms with Crippen LogP contribution in [0.5, 0.6) is 0 Å². The molecule has 192 valence electrons. The number of nitrogens with one attached hydrogen (secondary N) is 1. The first kappa shape index (κ1) is 24.8. The number of aromatic nitrogens is 2. The number of nitrogens with zero attached hydrogens (tertiary/aromatic N) is 5. The summed E-state index contributed by atoms with van der Waals surface area (Å²) >= 11 is 0. The molecule has 3 aliphatic rings. The van der Waals surface area contributed by atoms with Crippen molar-refractivity contribution in [3.8, 4) is 0 Å². The molecule has 8 nitrogen and oxygen atoms in total. The summed E-state index contributed by atoms with van der Waals surface area (Å²) in [6.07, 6.45) is 7.92. The highest BCUT2D eigenvalue weighted by atomic mass is 16.2. The van der Waals surface area contributed by atoms with Crippen molar-refractivity contribution >= 4 is 17.6 Å². The minimum atomic E-state index is -0.287. The number of aryl methyl sites for hydroxylation is 1. The summed E-state index contributed by atoms with van der Waals surface area (Å²) < 4.78 is 0. The Morgan fingerprint density at radius 1 is 0.944 bits per heavy atom. The van der Waals surface area contributed by atoms with E-state index < -0.39 is 0 Å². The molecule has 5 rings (SSSR count). The average Bonchev–Trinajstić information content (AvgIpc) is 3.40. The smallest absolute Gasteiger partial charge is 0.275 e. The highest BCUT2D eigenvalue weighted by Gasteiger charge is 2.37. The molecular formula is C28H38N6O2. The van der Waals surface area contributed by atoms with Gasteiger partial charge in [0.1, 0.15) is 11.5 Å². The van der Waals surface area contributed by atoms with Crippen LogP contribution in [0.15, 0.2) is 36.5 Å². The predicted molar refractivity (Wildman–Crippen MR) is 140 cm³/mol. The third kappa shape index (κ3) is 5.60. The molecule has 2 amide bonds. The molecule has 5 heterocycles. The second-order valence-corrected chi connectivity index (χ2v) is 10.7. The van der Waals surface area contributed by atoms with E-state index in [4.69, 9.17) is 0 Å². The Morgan fingerprint density at radius 3 is 2.44 bits per heavy atom. The summed E-state index contributed by atoms with van der Waals surface area (Å²) in [5.41, 5.74) is 2.18. The van der Waals surface area contributed by atoms with Gasteiger partial charge < -0.3 is 20.0 Å². The molecule has 36 heavy (non-hydrogen) atoms. The van der Waals surface area contributed by atoms with Crippen molar-refractivity contribution in [3.05, 3.63) is 53.5 Å². The minimum Gasteiger partial charge on any atom is -0.334 e. The van der Waals surface area contributed by atoms with Gasteiger partial charge in [0.05, 0.1) is 11.7 Å². The van der Waals surface area contributed by atoms with Gasteiger partial charge in [-0.3, -0.25) is 9.59 Å². The molecule has 0 bridgehead atoms. The molecule has 2 aromatic heterocycles. The van der Waals surface area contributed by atoms with Crippen molar-refractivity contribution < 1.29 is 9.59 Å². The lowest BCUT2D eigenvalue weighted by molar-refractivity contribution is -0.138. The van der Waals surface area contributed by atoms with Gasteiger partial charge in [0.2, 0.25) is 5.91 Å². The van der Waals surface area contributed by atoms with Crippen LogP contribution in [-0.2, 0) is 4.79 Å². The van der Waals surface area contributed by atoms with Crippen LogP contribution >= 0.6 is 0 Å². The van der Waals surface area contributed by atoms with Crippen LogP contribution in [-0.4, -0.2) is 82.3 Å². The topological polar surface area (TPSA) is 81.7 Å². The Morgan fingerprint density at radius 2 is 1.72 bits per heavy atom. The third-order valence-electron chi connectivity index (χ3n) is 8.12. The van der Waals surface area contributed by atoms with Crippen molar-refractivity contribution in [2.45, 2.75) is 57.5 Å². The van der Waals surface area contributed by atoms with Crippen LogP contribution in [0.1, 0.15) is 66.3 Å². The maximum atomic E-state index is 13.6. The van der Waals surface area contributed by atoms with Gasteiger partial charge >= 0.3 is 0 Å². The van der Waals surface area contributed by atoms with Crippen molar-refractivity contribution in [3.63, 3.8) is 0 Å². The van der Waals surface area contributed by atoms with E-state index in [1.165, 1.54) is 25.9 Å². The largest absolute Gasteiger partial charge is 0.334 e. The molecule has 0 aliphatic carbocycles. The molecule has 3 fully saturated rings. The first-order chi connectivity index (χ1) is 17.5. The van der Waals surface area contributed by atoms with Gasteiger partial charge in [0.25, 0.3) is 5.91 Å². The van der Waals surface area contributed by atoms with Gasteiger partial charge in [-0.2, -0.15) is 0 Å². The number of carbonyl (C=O) groups excluding carboxylic acids is 2. The lowest BCUT2D eigenvalue weighted by Crippen LogP contribution is -2.49. The second kappa shape index (κ2) is 11.0. The second-order valence-electron chi connectivity index (χ2n) is 10.7. The number of anilines is 1. The molecule has 0 aromatic carbocycles. The van der Waals surface area contributed by atoms with E-state index in [1.54, 1.807) is 18.3 Å². The molecule has 3 saturated heterocycles. The summed E-state index contributed by atoms with van der Waals surface area (Å²) in [4.78, 5) is 42.4. The van der Waals surface area contributed by atoms with Crippen LogP contribution in [0.4, 0.5) is 5.82 Å². The lowest BCUT2D eigenvalue weighted by Gasteiger charge is -2.41. The lowest BCUT2D eigenvalue weighted by atomic mass is 9.92. The van der Waals surface area contributed by atoms with Gasteiger partial charge in [0.15, 0.2) is 0 Å². The Kier molecular flexibility index (Phi) is 7.62. The summed E-state index contributed by atoms with van der Waals surface area (Å²) in [5.74, 6) is 0.570. The van der Waals surface area contributed by atoms with E-state index in [-0.39, 0.29) is 23.8 Å². The van der Waals surface area contributed by atoms with Gasteiger partial charge in [-0.05, 0) is 102 Å². The molecule has 0 spiro atoms. The van der Waals surface area contributed by atoms with E-state index in [0.29, 0.717) is 17.6 Å². The number of carbonyl (C=O) groups is 2. The van der Waals surface area contributed by atoms with Crippen molar-refractivity contribution in [2.75, 3.05) is 45.1 Å². The van der Waals surface area contributed by atoms with E-state index in [1.807, 2.05) is 30.0 Å². The number of pyridine rings is 2. The number of hydrogen-bond acceptors (Lipinski definition) is 6. The molecule has 1 atom stereocenters. The number of likely N-dealkylation sites (tertiary alicyclic amines) is 3. The fourth-order valence-corrected chi connectivity index (χ4v) is 5.93. The maximum Gasteiger partial charge on any atom is 0.275 e. The summed E-state index contributed by atoms with van der Waals surface area (Å²) in [7, 11) is 2.20. The third-order valence-corrected chi connectivity index (χ3v) is 8.12. The monoisotopic (exact) mass is 490 g/mol. The van der Waals surface area contributed by atoms with E-state index in [9.17, 15) is 9.59 Å². The number of amides is 2. The Balaban J connectivity index is 1.20. The standard InChI is InChI=1S/C28H38N6O2/c1-20-8-9-26(29-19-20)31-27(35)24-6-3-5-23(30-24)25-7-4-14-34(25)28(36)21-10-17-33(18-11-21)22-12-15-32(2)16-13-22/h3,5-6,8-9,19,21-22,25H,4,7,10-18H2,1-2H3,(H,29,31,35)/t25-/m0/s1. The van der Waals surface area contributed by atoms with Gasteiger partial charge in [0, 0.05) is 24.7 Å². The number of hydrogen-bond donors (Lipinski definition) is 1. The van der Waals surface area contributed by atoms with Crippen molar-refractivity contribution in [2.24, 2.45) is 5.92 Å². The Bertz CT molecular complexity index is 1060. The van der Waals surface area contributed by atoms with Crippen LogP contribution in [0.3, 0.4) is 0 Å². The van der Waals surface area contributed by atoms with Crippen LogP contribution in [0.25, 0.3) is 0 Å². The zero-order valence-electron chi connectivity index (χ0n) is 21.5. The molecule has 8 heteroatoms. The number of rotatable bonds is 5. The first-order valence-electron chi connectivity index (χ1n) is 13.4. The Labute approximate surface area is 214 Å². The molecule has 0 saturated carbocycles. The van der Waals surface area contributed by atoms with Gasteiger partial charge in [-0.15, -0.1) is 0 Å². The zero-order valence-corrected chi connectivity index (χ0v) is 21.5. The van der Waals surface area contributed by atoms with E-state index in [2.05, 4.69) is 32.1 Å². The fraction of sp³-hybridized carbons (Fsp3) is 0.571. The quantitative estimate of drug-likeness (QED) is 0.691. The first-order valence-corrected chi connectivity index (χ1v) is 13.4. The maximum absolute atomic E-state index is 13.6. The molecular weight excluding hydrogens is 452 g/mol. The summed E-state index contributed by atoms with van der Waals surface area (Å²) in [5, 5.41) is 2.82. The molecule has 2 aromatic rings. The average molecular weight is 491 g/mol. The Hall–Kier alpha value is -2.84. The van der Waals surface area contributed by atoms with Gasteiger partial charge in [-0.1, -0.05) is 12.1 Å². The van der Waals surface area contributed by atoms with E-state index in [0.717, 1.165) is 56.6 Å². The minimum absolute atomic E-state index is 0.0605.